The molecule has 0 radical (unpaired) electrons. The van der Waals surface area contributed by atoms with E-state index in [0.29, 0.717) is 11.4 Å². The maximum absolute atomic E-state index is 12.8. The van der Waals surface area contributed by atoms with Crippen LogP contribution < -0.4 is 14.8 Å². The van der Waals surface area contributed by atoms with Gasteiger partial charge in [0.2, 0.25) is 5.91 Å². The molecule has 9 nitrogen and oxygen atoms in total. The molecule has 1 aliphatic rings. The van der Waals surface area contributed by atoms with Crippen LogP contribution in [0.1, 0.15) is 31.4 Å². The van der Waals surface area contributed by atoms with Gasteiger partial charge in [-0.2, -0.15) is 22.5 Å². The molecule has 2 unspecified atom stereocenters. The zero-order valence-corrected chi connectivity index (χ0v) is 16.9. The summed E-state index contributed by atoms with van der Waals surface area (Å²) < 4.78 is 35.8. The van der Waals surface area contributed by atoms with E-state index < -0.39 is 28.2 Å². The molecule has 28 heavy (non-hydrogen) atoms. The third kappa shape index (κ3) is 4.34. The number of hydrogen-bond acceptors (Lipinski definition) is 5. The molecular formula is C18H25N5O4S. The van der Waals surface area contributed by atoms with Crippen LogP contribution in [0.4, 0.5) is 5.69 Å². The number of amides is 1. The molecule has 152 valence electrons. The van der Waals surface area contributed by atoms with E-state index in [1.807, 2.05) is 13.0 Å². The number of ether oxygens (including phenoxy) is 1. The number of rotatable bonds is 6. The first-order valence-corrected chi connectivity index (χ1v) is 10.5. The molecule has 2 aromatic rings. The molecule has 2 atom stereocenters. The molecule has 2 heterocycles. The van der Waals surface area contributed by atoms with E-state index in [0.717, 1.165) is 22.8 Å². The number of methoxy groups -OCH3 is 1. The Morgan fingerprint density at radius 1 is 1.43 bits per heavy atom. The van der Waals surface area contributed by atoms with Crippen molar-refractivity contribution in [1.29, 1.82) is 0 Å². The van der Waals surface area contributed by atoms with Crippen molar-refractivity contribution in [3.05, 3.63) is 42.2 Å². The quantitative estimate of drug-likeness (QED) is 0.755. The van der Waals surface area contributed by atoms with Crippen molar-refractivity contribution in [2.45, 2.75) is 38.4 Å². The van der Waals surface area contributed by atoms with E-state index in [4.69, 9.17) is 4.74 Å². The Labute approximate surface area is 164 Å². The van der Waals surface area contributed by atoms with Crippen molar-refractivity contribution in [2.24, 2.45) is 0 Å². The highest BCUT2D eigenvalue weighted by Gasteiger charge is 2.40. The lowest BCUT2D eigenvalue weighted by atomic mass is 9.99. The average molecular weight is 407 g/mol. The van der Waals surface area contributed by atoms with Gasteiger partial charge in [-0.3, -0.25) is 9.48 Å². The predicted molar refractivity (Wildman–Crippen MR) is 105 cm³/mol. The second-order valence-electron chi connectivity index (χ2n) is 6.70. The third-order valence-electron chi connectivity index (χ3n) is 4.72. The van der Waals surface area contributed by atoms with Gasteiger partial charge in [0, 0.05) is 19.8 Å². The molecule has 0 spiro atoms. The van der Waals surface area contributed by atoms with Crippen molar-refractivity contribution in [1.82, 2.24) is 18.8 Å². The van der Waals surface area contributed by atoms with Crippen molar-refractivity contribution in [2.75, 3.05) is 19.5 Å². The summed E-state index contributed by atoms with van der Waals surface area (Å²) in [6.45, 7) is 2.78. The predicted octanol–water partition coefficient (Wildman–Crippen LogP) is 1.52. The number of benzene rings is 1. The minimum absolute atomic E-state index is 0.290. The lowest BCUT2D eigenvalue weighted by Crippen LogP contribution is -2.55. The van der Waals surface area contributed by atoms with Crippen molar-refractivity contribution < 1.29 is 17.9 Å². The maximum Gasteiger partial charge on any atom is 0.280 e. The maximum atomic E-state index is 12.8. The summed E-state index contributed by atoms with van der Waals surface area (Å²) in [6, 6.07) is 5.77. The molecule has 0 saturated carbocycles. The fourth-order valence-electron chi connectivity index (χ4n) is 3.19. The van der Waals surface area contributed by atoms with Crippen LogP contribution in [-0.2, 0) is 21.5 Å². The first kappa shape index (κ1) is 20.3. The third-order valence-corrected chi connectivity index (χ3v) is 6.32. The Kier molecular flexibility index (Phi) is 6.01. The summed E-state index contributed by atoms with van der Waals surface area (Å²) >= 11 is 0. The van der Waals surface area contributed by atoms with E-state index in [9.17, 15) is 13.2 Å². The lowest BCUT2D eigenvalue weighted by molar-refractivity contribution is -0.120. The number of carbonyl (C=O) groups excluding carboxylic acids is 1. The Bertz CT molecular complexity index is 943. The van der Waals surface area contributed by atoms with Crippen molar-refractivity contribution >= 4 is 21.8 Å². The van der Waals surface area contributed by atoms with Crippen LogP contribution in [0.15, 0.2) is 36.7 Å². The highest BCUT2D eigenvalue weighted by Crippen LogP contribution is 2.30. The number of nitrogens with one attached hydrogen (secondary N) is 2. The molecule has 3 rings (SSSR count). The smallest absolute Gasteiger partial charge is 0.280 e. The van der Waals surface area contributed by atoms with Gasteiger partial charge < -0.3 is 10.1 Å². The first-order chi connectivity index (χ1) is 13.3. The summed E-state index contributed by atoms with van der Waals surface area (Å²) in [5, 5.41) is 6.95. The van der Waals surface area contributed by atoms with Gasteiger partial charge in [0.1, 0.15) is 11.8 Å². The molecule has 1 aromatic heterocycles. The van der Waals surface area contributed by atoms with Crippen LogP contribution >= 0.6 is 0 Å². The standard InChI is InChI=1S/C18H25N5O4S/c1-4-8-23-12-14(11-19-23)20-18(24)17-10-16(21-28(25,26)22(17)2)13-6-5-7-15(9-13)27-3/h5-7,9,11-12,16-17,21H,4,8,10H2,1-3H3,(H,20,24). The monoisotopic (exact) mass is 407 g/mol. The Balaban J connectivity index is 1.80. The Hall–Kier alpha value is -2.43. The van der Waals surface area contributed by atoms with Gasteiger partial charge in [-0.25, -0.2) is 0 Å². The fourth-order valence-corrected chi connectivity index (χ4v) is 4.46. The molecule has 1 saturated heterocycles. The summed E-state index contributed by atoms with van der Waals surface area (Å²) in [5.74, 6) is 0.233. The minimum Gasteiger partial charge on any atom is -0.497 e. The van der Waals surface area contributed by atoms with Gasteiger partial charge in [-0.15, -0.1) is 0 Å². The number of anilines is 1. The topological polar surface area (TPSA) is 106 Å². The van der Waals surface area contributed by atoms with E-state index in [1.165, 1.54) is 7.05 Å². The van der Waals surface area contributed by atoms with E-state index in [2.05, 4.69) is 15.1 Å². The molecule has 2 N–H and O–H groups in total. The lowest BCUT2D eigenvalue weighted by Gasteiger charge is -2.36. The molecule has 1 aromatic carbocycles. The summed E-state index contributed by atoms with van der Waals surface area (Å²) in [4.78, 5) is 12.8. The SMILES string of the molecule is CCCn1cc(NC(=O)C2CC(c3cccc(OC)c3)NS(=O)(=O)N2C)cn1. The van der Waals surface area contributed by atoms with E-state index in [-0.39, 0.29) is 6.42 Å². The van der Waals surface area contributed by atoms with Crippen LogP contribution in [0, 0.1) is 0 Å². The highest BCUT2D eigenvalue weighted by molar-refractivity contribution is 7.87. The normalized spacial score (nSPS) is 22.0. The summed E-state index contributed by atoms with van der Waals surface area (Å²) in [5.41, 5.74) is 1.28. The van der Waals surface area contributed by atoms with Gasteiger partial charge in [0.25, 0.3) is 10.2 Å². The van der Waals surface area contributed by atoms with Crippen LogP contribution in [0.5, 0.6) is 5.75 Å². The molecule has 1 aliphatic heterocycles. The van der Waals surface area contributed by atoms with Gasteiger partial charge in [-0.05, 0) is 30.5 Å². The van der Waals surface area contributed by atoms with Gasteiger partial charge in [0.05, 0.1) is 25.0 Å². The average Bonchev–Trinajstić information content (AvgIpc) is 3.11. The molecule has 1 fully saturated rings. The molecule has 1 amide bonds. The number of nitrogens with zero attached hydrogens (tertiary/aromatic N) is 3. The Morgan fingerprint density at radius 3 is 2.93 bits per heavy atom. The number of aromatic nitrogens is 2. The Morgan fingerprint density at radius 2 is 2.21 bits per heavy atom. The second kappa shape index (κ2) is 8.29. The van der Waals surface area contributed by atoms with Gasteiger partial charge in [-0.1, -0.05) is 19.1 Å². The number of aryl methyl sites for hydroxylation is 1. The molecular weight excluding hydrogens is 382 g/mol. The van der Waals surface area contributed by atoms with Crippen LogP contribution in [-0.4, -0.2) is 48.6 Å². The van der Waals surface area contributed by atoms with E-state index in [1.54, 1.807) is 42.4 Å². The van der Waals surface area contributed by atoms with Crippen LogP contribution in [0.2, 0.25) is 0 Å². The van der Waals surface area contributed by atoms with Crippen LogP contribution in [0.25, 0.3) is 0 Å². The highest BCUT2D eigenvalue weighted by atomic mass is 32.2. The number of hydrogen-bond donors (Lipinski definition) is 2. The molecule has 10 heteroatoms. The van der Waals surface area contributed by atoms with Gasteiger partial charge in [0.15, 0.2) is 0 Å². The molecule has 0 bridgehead atoms. The fraction of sp³-hybridized carbons (Fsp3) is 0.444. The number of likely N-dealkylation sites (N-methyl/N-ethyl adjacent to an activating group) is 1. The summed E-state index contributed by atoms with van der Waals surface area (Å²) in [7, 11) is -0.861. The first-order valence-electron chi connectivity index (χ1n) is 9.06. The number of carbonyl (C=O) groups is 1. The molecule has 0 aliphatic carbocycles. The summed E-state index contributed by atoms with van der Waals surface area (Å²) in [6.07, 6.45) is 4.50. The van der Waals surface area contributed by atoms with E-state index >= 15 is 0 Å². The zero-order chi connectivity index (χ0) is 20.3. The largest absolute Gasteiger partial charge is 0.497 e. The van der Waals surface area contributed by atoms with Crippen molar-refractivity contribution in [3.8, 4) is 5.75 Å². The van der Waals surface area contributed by atoms with Crippen LogP contribution in [0.3, 0.4) is 0 Å². The van der Waals surface area contributed by atoms with Crippen molar-refractivity contribution in [3.63, 3.8) is 0 Å². The second-order valence-corrected chi connectivity index (χ2v) is 8.46. The van der Waals surface area contributed by atoms with Gasteiger partial charge >= 0.3 is 0 Å². The minimum atomic E-state index is -3.81. The zero-order valence-electron chi connectivity index (χ0n) is 16.1.